The van der Waals surface area contributed by atoms with Gasteiger partial charge >= 0.3 is 5.97 Å². The van der Waals surface area contributed by atoms with Crippen LogP contribution in [0.15, 0.2) is 54.6 Å². The van der Waals surface area contributed by atoms with Crippen molar-refractivity contribution < 1.29 is 14.7 Å². The van der Waals surface area contributed by atoms with Gasteiger partial charge in [-0.1, -0.05) is 59.6 Å². The number of amides is 1. The number of hydrogen-bond donors (Lipinski definition) is 2. The Bertz CT molecular complexity index is 760. The fourth-order valence-electron chi connectivity index (χ4n) is 2.07. The molecule has 0 heterocycles. The third kappa shape index (κ3) is 5.41. The highest BCUT2D eigenvalue weighted by Gasteiger charge is 2.19. The lowest BCUT2D eigenvalue weighted by Crippen LogP contribution is -2.41. The molecule has 0 aliphatic heterocycles. The molecule has 2 aromatic carbocycles. The van der Waals surface area contributed by atoms with Crippen molar-refractivity contribution in [1.29, 1.82) is 0 Å². The highest BCUT2D eigenvalue weighted by molar-refractivity contribution is 6.35. The van der Waals surface area contributed by atoms with Crippen molar-refractivity contribution in [2.24, 2.45) is 0 Å². The summed E-state index contributed by atoms with van der Waals surface area (Å²) in [5.41, 5.74) is 1.45. The molecule has 124 valence electrons. The lowest BCUT2D eigenvalue weighted by atomic mass is 10.1. The van der Waals surface area contributed by atoms with E-state index in [9.17, 15) is 14.7 Å². The van der Waals surface area contributed by atoms with Crippen LogP contribution in [0.1, 0.15) is 11.1 Å². The van der Waals surface area contributed by atoms with Gasteiger partial charge in [-0.15, -0.1) is 0 Å². The zero-order chi connectivity index (χ0) is 17.5. The van der Waals surface area contributed by atoms with Crippen LogP contribution in [-0.2, 0) is 16.0 Å². The summed E-state index contributed by atoms with van der Waals surface area (Å²) in [6, 6.07) is 13.0. The summed E-state index contributed by atoms with van der Waals surface area (Å²) in [6.07, 6.45) is 2.96. The molecule has 2 N–H and O–H groups in total. The average molecular weight is 364 g/mol. The van der Waals surface area contributed by atoms with Gasteiger partial charge in [0.2, 0.25) is 5.91 Å². The Morgan fingerprint density at radius 1 is 1.12 bits per heavy atom. The zero-order valence-corrected chi connectivity index (χ0v) is 14.1. The smallest absolute Gasteiger partial charge is 0.326 e. The van der Waals surface area contributed by atoms with Gasteiger partial charge < -0.3 is 10.4 Å². The number of halogens is 2. The highest BCUT2D eigenvalue weighted by Crippen LogP contribution is 2.21. The standard InChI is InChI=1S/C18H15Cl2NO3/c19-14-8-6-13(15(20)11-14)7-9-17(22)21-16(18(23)24)10-12-4-2-1-3-5-12/h1-9,11,16H,10H2,(H,21,22)(H,23,24)/b9-7+/t16-/m1/s1. The minimum absolute atomic E-state index is 0.206. The predicted octanol–water partition coefficient (Wildman–Crippen LogP) is 3.82. The molecule has 0 aliphatic carbocycles. The van der Waals surface area contributed by atoms with Gasteiger partial charge in [-0.3, -0.25) is 4.79 Å². The van der Waals surface area contributed by atoms with E-state index < -0.39 is 17.9 Å². The van der Waals surface area contributed by atoms with Crippen molar-refractivity contribution in [3.05, 3.63) is 75.8 Å². The third-order valence-electron chi connectivity index (χ3n) is 3.27. The summed E-state index contributed by atoms with van der Waals surface area (Å²) in [5, 5.41) is 12.6. The lowest BCUT2D eigenvalue weighted by molar-refractivity contribution is -0.141. The van der Waals surface area contributed by atoms with E-state index in [-0.39, 0.29) is 6.42 Å². The molecule has 1 amide bonds. The van der Waals surface area contributed by atoms with E-state index in [1.54, 1.807) is 18.2 Å². The topological polar surface area (TPSA) is 66.4 Å². The van der Waals surface area contributed by atoms with Gasteiger partial charge in [-0.05, 0) is 29.3 Å². The molecule has 2 aromatic rings. The van der Waals surface area contributed by atoms with Crippen LogP contribution in [0.25, 0.3) is 6.08 Å². The number of nitrogens with one attached hydrogen (secondary N) is 1. The van der Waals surface area contributed by atoms with Crippen LogP contribution in [0.5, 0.6) is 0 Å². The quantitative estimate of drug-likeness (QED) is 0.766. The molecule has 0 aliphatic rings. The van der Waals surface area contributed by atoms with Crippen molar-refractivity contribution in [1.82, 2.24) is 5.32 Å². The Morgan fingerprint density at radius 2 is 1.83 bits per heavy atom. The van der Waals surface area contributed by atoms with Crippen LogP contribution in [0.4, 0.5) is 0 Å². The van der Waals surface area contributed by atoms with E-state index in [0.717, 1.165) is 5.56 Å². The van der Waals surface area contributed by atoms with E-state index >= 15 is 0 Å². The number of carboxylic acids is 1. The van der Waals surface area contributed by atoms with Crippen LogP contribution in [0, 0.1) is 0 Å². The summed E-state index contributed by atoms with van der Waals surface area (Å²) >= 11 is 11.8. The second-order valence-electron chi connectivity index (χ2n) is 5.09. The summed E-state index contributed by atoms with van der Waals surface area (Å²) in [7, 11) is 0. The Morgan fingerprint density at radius 3 is 2.46 bits per heavy atom. The van der Waals surface area contributed by atoms with Crippen molar-refractivity contribution in [3.63, 3.8) is 0 Å². The first-order chi connectivity index (χ1) is 11.5. The molecule has 0 aromatic heterocycles. The first kappa shape index (κ1) is 18.0. The molecule has 24 heavy (non-hydrogen) atoms. The van der Waals surface area contributed by atoms with Gasteiger partial charge in [0.25, 0.3) is 0 Å². The van der Waals surface area contributed by atoms with Gasteiger partial charge in [-0.25, -0.2) is 4.79 Å². The van der Waals surface area contributed by atoms with E-state index in [1.807, 2.05) is 30.3 Å². The van der Waals surface area contributed by atoms with Crippen molar-refractivity contribution in [2.45, 2.75) is 12.5 Å². The maximum Gasteiger partial charge on any atom is 0.326 e. The number of hydrogen-bond acceptors (Lipinski definition) is 2. The summed E-state index contributed by atoms with van der Waals surface area (Å²) in [5.74, 6) is -1.60. The summed E-state index contributed by atoms with van der Waals surface area (Å²) < 4.78 is 0. The molecule has 0 saturated heterocycles. The molecule has 0 bridgehead atoms. The first-order valence-electron chi connectivity index (χ1n) is 7.16. The Labute approximate surface area is 149 Å². The molecule has 2 rings (SSSR count). The highest BCUT2D eigenvalue weighted by atomic mass is 35.5. The summed E-state index contributed by atoms with van der Waals surface area (Å²) in [4.78, 5) is 23.3. The largest absolute Gasteiger partial charge is 0.480 e. The third-order valence-corrected chi connectivity index (χ3v) is 3.84. The molecule has 0 unspecified atom stereocenters. The molecule has 1 atom stereocenters. The van der Waals surface area contributed by atoms with Gasteiger partial charge in [-0.2, -0.15) is 0 Å². The Balaban J connectivity index is 2.02. The van der Waals surface area contributed by atoms with Crippen LogP contribution >= 0.6 is 23.2 Å². The molecule has 6 heteroatoms. The normalized spacial score (nSPS) is 12.1. The molecule has 4 nitrogen and oxygen atoms in total. The minimum atomic E-state index is -1.09. The van der Waals surface area contributed by atoms with E-state index in [4.69, 9.17) is 23.2 Å². The number of carbonyl (C=O) groups is 2. The van der Waals surface area contributed by atoms with Crippen LogP contribution < -0.4 is 5.32 Å². The molecule has 0 saturated carbocycles. The average Bonchev–Trinajstić information content (AvgIpc) is 2.54. The zero-order valence-electron chi connectivity index (χ0n) is 12.6. The fraction of sp³-hybridized carbons (Fsp3) is 0.111. The molecular formula is C18H15Cl2NO3. The van der Waals surface area contributed by atoms with Gasteiger partial charge in [0.05, 0.1) is 0 Å². The van der Waals surface area contributed by atoms with Crippen molar-refractivity contribution in [2.75, 3.05) is 0 Å². The van der Waals surface area contributed by atoms with Crippen LogP contribution in [0.3, 0.4) is 0 Å². The van der Waals surface area contributed by atoms with Gasteiger partial charge in [0.15, 0.2) is 0 Å². The number of aliphatic carboxylic acids is 1. The molecule has 0 radical (unpaired) electrons. The predicted molar refractivity (Wildman–Crippen MR) is 95.2 cm³/mol. The van der Waals surface area contributed by atoms with E-state index in [2.05, 4.69) is 5.32 Å². The Hall–Kier alpha value is -2.30. The summed E-state index contributed by atoms with van der Waals surface area (Å²) in [6.45, 7) is 0. The first-order valence-corrected chi connectivity index (χ1v) is 7.91. The Kier molecular flexibility index (Phi) is 6.41. The molecule has 0 spiro atoms. The van der Waals surface area contributed by atoms with Crippen LogP contribution in [0.2, 0.25) is 10.0 Å². The van der Waals surface area contributed by atoms with Crippen LogP contribution in [-0.4, -0.2) is 23.0 Å². The number of rotatable bonds is 6. The maximum atomic E-state index is 12.0. The maximum absolute atomic E-state index is 12.0. The van der Waals surface area contributed by atoms with Gasteiger partial charge in [0.1, 0.15) is 6.04 Å². The second-order valence-corrected chi connectivity index (χ2v) is 5.93. The fourth-order valence-corrected chi connectivity index (χ4v) is 2.54. The SMILES string of the molecule is O=C(/C=C/c1ccc(Cl)cc1Cl)N[C@H](Cc1ccccc1)C(=O)O. The van der Waals surface area contributed by atoms with Gasteiger partial charge in [0, 0.05) is 22.5 Å². The molecular weight excluding hydrogens is 349 g/mol. The van der Waals surface area contributed by atoms with E-state index in [1.165, 1.54) is 12.2 Å². The monoisotopic (exact) mass is 363 g/mol. The molecule has 0 fully saturated rings. The number of carbonyl (C=O) groups excluding carboxylic acids is 1. The number of benzene rings is 2. The number of carboxylic acid groups (broad SMARTS) is 1. The van der Waals surface area contributed by atoms with Crippen molar-refractivity contribution >= 4 is 41.2 Å². The van der Waals surface area contributed by atoms with E-state index in [0.29, 0.717) is 15.6 Å². The lowest BCUT2D eigenvalue weighted by Gasteiger charge is -2.13. The van der Waals surface area contributed by atoms with Crippen molar-refractivity contribution in [3.8, 4) is 0 Å². The second kappa shape index (κ2) is 8.52. The minimum Gasteiger partial charge on any atom is -0.480 e.